The van der Waals surface area contributed by atoms with E-state index in [1.165, 1.54) is 0 Å². The highest BCUT2D eigenvalue weighted by molar-refractivity contribution is 5.91. The summed E-state index contributed by atoms with van der Waals surface area (Å²) in [6.07, 6.45) is 7.39. The Hall–Kier alpha value is -2.67. The molecule has 32 heavy (non-hydrogen) atoms. The third-order valence-electron chi connectivity index (χ3n) is 6.83. The summed E-state index contributed by atoms with van der Waals surface area (Å²) in [5.74, 6) is -0.532. The Labute approximate surface area is 187 Å². The van der Waals surface area contributed by atoms with Crippen LogP contribution < -0.4 is 4.90 Å². The number of rotatable bonds is 8. The van der Waals surface area contributed by atoms with Gasteiger partial charge in [0.1, 0.15) is 12.4 Å². The number of aliphatic carboxylic acids is 1. The van der Waals surface area contributed by atoms with Crippen LogP contribution in [0.2, 0.25) is 0 Å². The van der Waals surface area contributed by atoms with Crippen LogP contribution in [0.15, 0.2) is 53.9 Å². The minimum atomic E-state index is -0.954. The fourth-order valence-corrected chi connectivity index (χ4v) is 4.92. The van der Waals surface area contributed by atoms with Crippen molar-refractivity contribution < 1.29 is 28.6 Å². The van der Waals surface area contributed by atoms with Crippen LogP contribution in [0.25, 0.3) is 0 Å². The van der Waals surface area contributed by atoms with E-state index in [2.05, 4.69) is 0 Å². The molecule has 0 saturated heterocycles. The molecule has 3 aliphatic carbocycles. The molecule has 6 nitrogen and oxygen atoms in total. The molecule has 4 rings (SSSR count). The Morgan fingerprint density at radius 2 is 1.78 bits per heavy atom. The second-order valence-corrected chi connectivity index (χ2v) is 9.19. The maximum absolute atomic E-state index is 14.5. The number of carbonyl (C=O) groups is 2. The molecule has 2 saturated carbocycles. The highest BCUT2D eigenvalue weighted by Crippen LogP contribution is 2.56. The number of carboxylic acids is 1. The van der Waals surface area contributed by atoms with Gasteiger partial charge >= 0.3 is 12.1 Å². The van der Waals surface area contributed by atoms with Gasteiger partial charge in [0.15, 0.2) is 0 Å². The van der Waals surface area contributed by atoms with E-state index >= 15 is 0 Å². The molecule has 1 N–H and O–H groups in total. The van der Waals surface area contributed by atoms with E-state index in [1.54, 1.807) is 17.9 Å². The Morgan fingerprint density at radius 3 is 2.44 bits per heavy atom. The Bertz CT molecular complexity index is 906. The first-order valence-electron chi connectivity index (χ1n) is 11.3. The van der Waals surface area contributed by atoms with E-state index in [1.807, 2.05) is 36.4 Å². The van der Waals surface area contributed by atoms with Gasteiger partial charge in [0.2, 0.25) is 0 Å². The fourth-order valence-electron chi connectivity index (χ4n) is 4.92. The number of anilines is 1. The molecule has 2 unspecified atom stereocenters. The average molecular weight is 444 g/mol. The molecular formula is C25H30FNO5. The predicted molar refractivity (Wildman–Crippen MR) is 118 cm³/mol. The molecule has 172 valence electrons. The molecule has 2 atom stereocenters. The number of amides is 1. The van der Waals surface area contributed by atoms with Crippen LogP contribution in [-0.4, -0.2) is 42.5 Å². The van der Waals surface area contributed by atoms with Crippen LogP contribution in [0.5, 0.6) is 0 Å². The van der Waals surface area contributed by atoms with Crippen LogP contribution in [0.4, 0.5) is 14.9 Å². The van der Waals surface area contributed by atoms with Crippen molar-refractivity contribution in [2.24, 2.45) is 17.8 Å². The van der Waals surface area contributed by atoms with Gasteiger partial charge in [0.05, 0.1) is 18.8 Å². The number of hydrogen-bond acceptors (Lipinski definition) is 4. The van der Waals surface area contributed by atoms with Gasteiger partial charge in [-0.3, -0.25) is 4.90 Å². The van der Waals surface area contributed by atoms with Crippen molar-refractivity contribution in [3.05, 3.63) is 53.9 Å². The fraction of sp³-hybridized carbons (Fsp3) is 0.520. The lowest BCUT2D eigenvalue weighted by Crippen LogP contribution is -2.44. The molecule has 3 aliphatic rings. The first kappa shape index (κ1) is 22.5. The molecular weight excluding hydrogens is 413 g/mol. The monoisotopic (exact) mass is 443 g/mol. The molecule has 0 heterocycles. The van der Waals surface area contributed by atoms with E-state index in [-0.39, 0.29) is 24.3 Å². The molecule has 1 aromatic rings. The summed E-state index contributed by atoms with van der Waals surface area (Å²) in [7, 11) is 0. The number of nitrogens with zero attached hydrogens (tertiary/aromatic N) is 1. The van der Waals surface area contributed by atoms with Crippen LogP contribution >= 0.6 is 0 Å². The summed E-state index contributed by atoms with van der Waals surface area (Å²) in [6, 6.07) is 9.31. The maximum atomic E-state index is 14.5. The standard InChI is InChI=1S/C25H30FNO5/c1-17-11-20-12-25(20,13-22(17)26)27(21-5-3-2-4-6-21)24(30)32-15-19-9-7-18(8-10-19)14-31-16-23(28)29/h2-6,11,13,18-20H,7-10,12,14-16H2,1H3,(H,28,29). The van der Waals surface area contributed by atoms with Gasteiger partial charge in [0, 0.05) is 11.6 Å². The first-order chi connectivity index (χ1) is 15.4. The first-order valence-corrected chi connectivity index (χ1v) is 11.3. The van der Waals surface area contributed by atoms with Crippen LogP contribution in [0.1, 0.15) is 39.0 Å². The summed E-state index contributed by atoms with van der Waals surface area (Å²) in [5.41, 5.74) is 0.631. The van der Waals surface area contributed by atoms with Crippen LogP contribution in [-0.2, 0) is 14.3 Å². The molecule has 0 aliphatic heterocycles. The molecule has 7 heteroatoms. The van der Waals surface area contributed by atoms with Crippen molar-refractivity contribution >= 4 is 17.7 Å². The zero-order valence-corrected chi connectivity index (χ0v) is 18.3. The molecule has 0 aromatic heterocycles. The zero-order valence-electron chi connectivity index (χ0n) is 18.3. The third-order valence-corrected chi connectivity index (χ3v) is 6.83. The largest absolute Gasteiger partial charge is 0.480 e. The van der Waals surface area contributed by atoms with E-state index in [9.17, 15) is 14.0 Å². The number of fused-ring (bicyclic) bond motifs is 1. The SMILES string of the molecule is CC1=CC2CC2(N(C(=O)OCC2CCC(COCC(=O)O)CC2)c2ccccc2)C=C1F. The van der Waals surface area contributed by atoms with Crippen molar-refractivity contribution in [1.82, 2.24) is 0 Å². The topological polar surface area (TPSA) is 76.1 Å². The van der Waals surface area contributed by atoms with Gasteiger partial charge in [-0.25, -0.2) is 14.0 Å². The van der Waals surface area contributed by atoms with Crippen molar-refractivity contribution in [1.29, 1.82) is 0 Å². The predicted octanol–water partition coefficient (Wildman–Crippen LogP) is 5.11. The van der Waals surface area contributed by atoms with Crippen LogP contribution in [0, 0.1) is 17.8 Å². The molecule has 0 radical (unpaired) electrons. The highest BCUT2D eigenvalue weighted by atomic mass is 19.1. The number of carbonyl (C=O) groups excluding carboxylic acids is 1. The molecule has 0 bridgehead atoms. The molecule has 1 aromatic carbocycles. The quantitative estimate of drug-likeness (QED) is 0.604. The Balaban J connectivity index is 1.35. The Morgan fingerprint density at radius 1 is 1.12 bits per heavy atom. The number of para-hydroxylation sites is 1. The van der Waals surface area contributed by atoms with Crippen molar-refractivity contribution in [2.75, 3.05) is 24.7 Å². The number of ether oxygens (including phenoxy) is 2. The summed E-state index contributed by atoms with van der Waals surface area (Å²) in [6.45, 7) is 2.27. The van der Waals surface area contributed by atoms with Crippen molar-refractivity contribution in [3.63, 3.8) is 0 Å². The maximum Gasteiger partial charge on any atom is 0.415 e. The van der Waals surface area contributed by atoms with Gasteiger partial charge in [-0.2, -0.15) is 0 Å². The third kappa shape index (κ3) is 4.88. The number of benzene rings is 1. The number of allylic oxidation sites excluding steroid dienone is 2. The lowest BCUT2D eigenvalue weighted by atomic mass is 9.83. The van der Waals surface area contributed by atoms with Gasteiger partial charge < -0.3 is 14.6 Å². The number of carboxylic acid groups (broad SMARTS) is 1. The lowest BCUT2D eigenvalue weighted by molar-refractivity contribution is -0.142. The van der Waals surface area contributed by atoms with Gasteiger partial charge in [-0.05, 0) is 74.6 Å². The highest BCUT2D eigenvalue weighted by Gasteiger charge is 2.60. The van der Waals surface area contributed by atoms with E-state index in [4.69, 9.17) is 14.6 Å². The zero-order chi connectivity index (χ0) is 22.7. The number of hydrogen-bond donors (Lipinski definition) is 1. The second-order valence-electron chi connectivity index (χ2n) is 9.19. The lowest BCUT2D eigenvalue weighted by Gasteiger charge is -2.33. The Kier molecular flexibility index (Phi) is 6.65. The molecule has 1 amide bonds. The van der Waals surface area contributed by atoms with Gasteiger partial charge in [0.25, 0.3) is 0 Å². The average Bonchev–Trinajstić information content (AvgIpc) is 3.47. The van der Waals surface area contributed by atoms with E-state index in [0.717, 1.165) is 25.7 Å². The minimum absolute atomic E-state index is 0.0935. The van der Waals surface area contributed by atoms with Crippen molar-refractivity contribution in [2.45, 2.75) is 44.6 Å². The molecule has 2 fully saturated rings. The van der Waals surface area contributed by atoms with E-state index < -0.39 is 17.6 Å². The second kappa shape index (κ2) is 9.45. The summed E-state index contributed by atoms with van der Waals surface area (Å²) in [4.78, 5) is 25.4. The summed E-state index contributed by atoms with van der Waals surface area (Å²) in [5, 5.41) is 8.67. The van der Waals surface area contributed by atoms with Crippen LogP contribution in [0.3, 0.4) is 0 Å². The summed E-state index contributed by atoms with van der Waals surface area (Å²) < 4.78 is 25.4. The smallest absolute Gasteiger partial charge is 0.415 e. The normalized spacial score (nSPS) is 28.8. The number of halogens is 1. The van der Waals surface area contributed by atoms with E-state index in [0.29, 0.717) is 36.8 Å². The summed E-state index contributed by atoms with van der Waals surface area (Å²) >= 11 is 0. The minimum Gasteiger partial charge on any atom is -0.480 e. The van der Waals surface area contributed by atoms with Gasteiger partial charge in [-0.15, -0.1) is 0 Å². The van der Waals surface area contributed by atoms with Crippen molar-refractivity contribution in [3.8, 4) is 0 Å². The molecule has 0 spiro atoms. The van der Waals surface area contributed by atoms with Gasteiger partial charge in [-0.1, -0.05) is 24.3 Å².